The zero-order valence-electron chi connectivity index (χ0n) is 10.1. The van der Waals surface area contributed by atoms with Crippen molar-refractivity contribution in [1.82, 2.24) is 0 Å². The highest BCUT2D eigenvalue weighted by Gasteiger charge is 2.23. The van der Waals surface area contributed by atoms with Gasteiger partial charge in [-0.25, -0.2) is 4.79 Å². The van der Waals surface area contributed by atoms with Gasteiger partial charge in [0.1, 0.15) is 5.75 Å². The highest BCUT2D eigenvalue weighted by Crippen LogP contribution is 2.30. The first-order valence-electron chi connectivity index (χ1n) is 5.06. The minimum atomic E-state index is -1.35. The van der Waals surface area contributed by atoms with Gasteiger partial charge in [-0.15, -0.1) is 0 Å². The lowest BCUT2D eigenvalue weighted by atomic mass is 10.0. The number of benzene rings is 1. The molecule has 5 heteroatoms. The van der Waals surface area contributed by atoms with Crippen molar-refractivity contribution < 1.29 is 24.1 Å². The van der Waals surface area contributed by atoms with Crippen molar-refractivity contribution in [2.45, 2.75) is 12.7 Å². The van der Waals surface area contributed by atoms with Crippen molar-refractivity contribution in [3.63, 3.8) is 0 Å². The fraction of sp³-hybridized carbons (Fsp3) is 0.417. The quantitative estimate of drug-likeness (QED) is 0.779. The highest BCUT2D eigenvalue weighted by molar-refractivity contribution is 5.77. The molecule has 1 rings (SSSR count). The van der Waals surface area contributed by atoms with Crippen LogP contribution in [-0.4, -0.2) is 32.4 Å². The van der Waals surface area contributed by atoms with E-state index in [1.54, 1.807) is 25.3 Å². The molecule has 0 radical (unpaired) electrons. The van der Waals surface area contributed by atoms with Crippen LogP contribution in [0.4, 0.5) is 0 Å². The van der Waals surface area contributed by atoms with E-state index < -0.39 is 12.1 Å². The fourth-order valence-corrected chi connectivity index (χ4v) is 1.58. The molecule has 0 saturated heterocycles. The fourth-order valence-electron chi connectivity index (χ4n) is 1.58. The van der Waals surface area contributed by atoms with Crippen LogP contribution in [0.3, 0.4) is 0 Å². The Labute approximate surface area is 99.9 Å². The van der Waals surface area contributed by atoms with Gasteiger partial charge in [-0.2, -0.15) is 0 Å². The Kier molecular flexibility index (Phi) is 4.93. The normalized spacial score (nSPS) is 12.0. The van der Waals surface area contributed by atoms with E-state index in [-0.39, 0.29) is 0 Å². The second-order valence-electron chi connectivity index (χ2n) is 3.40. The molecular formula is C12H16O5. The number of carbonyl (C=O) groups is 1. The first kappa shape index (κ1) is 13.5. The van der Waals surface area contributed by atoms with Gasteiger partial charge in [-0.3, -0.25) is 0 Å². The van der Waals surface area contributed by atoms with Gasteiger partial charge >= 0.3 is 5.97 Å². The lowest BCUT2D eigenvalue weighted by molar-refractivity contribution is -0.150. The Hall–Kier alpha value is -1.59. The van der Waals surface area contributed by atoms with Crippen LogP contribution in [0, 0.1) is 0 Å². The maximum atomic E-state index is 11.3. The smallest absolute Gasteiger partial charge is 0.339 e. The predicted octanol–water partition coefficient (Wildman–Crippen LogP) is 1.05. The van der Waals surface area contributed by atoms with Crippen LogP contribution in [0.1, 0.15) is 17.2 Å². The minimum absolute atomic E-state index is 0.338. The third-order valence-corrected chi connectivity index (χ3v) is 2.35. The summed E-state index contributed by atoms with van der Waals surface area (Å²) in [5.41, 5.74) is 1.13. The molecular weight excluding hydrogens is 224 g/mol. The van der Waals surface area contributed by atoms with Crippen LogP contribution in [0.5, 0.6) is 5.75 Å². The van der Waals surface area contributed by atoms with Crippen molar-refractivity contribution in [3.8, 4) is 5.75 Å². The lowest BCUT2D eigenvalue weighted by Crippen LogP contribution is -2.15. The van der Waals surface area contributed by atoms with Gasteiger partial charge in [0.05, 0.1) is 20.8 Å². The molecule has 0 bridgehead atoms. The van der Waals surface area contributed by atoms with Crippen molar-refractivity contribution in [3.05, 3.63) is 29.3 Å². The molecule has 17 heavy (non-hydrogen) atoms. The van der Waals surface area contributed by atoms with Gasteiger partial charge in [0.2, 0.25) is 0 Å². The van der Waals surface area contributed by atoms with Gasteiger partial charge in [0.25, 0.3) is 0 Å². The summed E-state index contributed by atoms with van der Waals surface area (Å²) >= 11 is 0. The summed E-state index contributed by atoms with van der Waals surface area (Å²) < 4.78 is 14.7. The van der Waals surface area contributed by atoms with Crippen molar-refractivity contribution in [2.75, 3.05) is 21.3 Å². The number of para-hydroxylation sites is 1. The first-order chi connectivity index (χ1) is 8.15. The Morgan fingerprint density at radius 3 is 2.59 bits per heavy atom. The third-order valence-electron chi connectivity index (χ3n) is 2.35. The summed E-state index contributed by atoms with van der Waals surface area (Å²) in [5.74, 6) is -0.287. The highest BCUT2D eigenvalue weighted by atomic mass is 16.5. The number of esters is 1. The summed E-state index contributed by atoms with van der Waals surface area (Å²) in [6.07, 6.45) is -1.35. The van der Waals surface area contributed by atoms with E-state index >= 15 is 0 Å². The summed E-state index contributed by atoms with van der Waals surface area (Å²) in [5, 5.41) is 9.80. The van der Waals surface area contributed by atoms with Gasteiger partial charge in [-0.1, -0.05) is 18.2 Å². The molecule has 0 amide bonds. The number of methoxy groups -OCH3 is 3. The zero-order valence-corrected chi connectivity index (χ0v) is 10.1. The van der Waals surface area contributed by atoms with E-state index in [9.17, 15) is 9.90 Å². The molecule has 0 aliphatic carbocycles. The van der Waals surface area contributed by atoms with Crippen molar-refractivity contribution >= 4 is 5.97 Å². The SMILES string of the molecule is COCc1cccc(C(O)C(=O)OC)c1OC. The van der Waals surface area contributed by atoms with E-state index in [0.717, 1.165) is 5.56 Å². The summed E-state index contributed by atoms with van der Waals surface area (Å²) in [6.45, 7) is 0.338. The average molecular weight is 240 g/mol. The number of hydrogen-bond acceptors (Lipinski definition) is 5. The topological polar surface area (TPSA) is 65.0 Å². The molecule has 0 aromatic heterocycles. The van der Waals surface area contributed by atoms with Crippen LogP contribution in [0.15, 0.2) is 18.2 Å². The first-order valence-corrected chi connectivity index (χ1v) is 5.06. The monoisotopic (exact) mass is 240 g/mol. The summed E-state index contributed by atoms with van der Waals surface area (Å²) in [4.78, 5) is 11.3. The molecule has 94 valence electrons. The minimum Gasteiger partial charge on any atom is -0.496 e. The molecule has 5 nitrogen and oxygen atoms in total. The van der Waals surface area contributed by atoms with E-state index in [1.807, 2.05) is 0 Å². The van der Waals surface area contributed by atoms with Crippen LogP contribution in [0.2, 0.25) is 0 Å². The van der Waals surface area contributed by atoms with Crippen molar-refractivity contribution in [2.24, 2.45) is 0 Å². The molecule has 0 fully saturated rings. The summed E-state index contributed by atoms with van der Waals surface area (Å²) in [7, 11) is 4.25. The maximum absolute atomic E-state index is 11.3. The standard InChI is InChI=1S/C12H16O5/c1-15-7-8-5-4-6-9(11(8)16-2)10(13)12(14)17-3/h4-6,10,13H,7H2,1-3H3. The molecule has 1 atom stereocenters. The van der Waals surface area contributed by atoms with Crippen LogP contribution >= 0.6 is 0 Å². The molecule has 0 aliphatic rings. The molecule has 1 aromatic carbocycles. The number of aliphatic hydroxyl groups excluding tert-OH is 1. The predicted molar refractivity (Wildman–Crippen MR) is 60.7 cm³/mol. The van der Waals surface area contributed by atoms with Gasteiger partial charge in [0, 0.05) is 18.2 Å². The van der Waals surface area contributed by atoms with E-state index in [4.69, 9.17) is 9.47 Å². The van der Waals surface area contributed by atoms with Crippen LogP contribution in [0.25, 0.3) is 0 Å². The lowest BCUT2D eigenvalue weighted by Gasteiger charge is -2.16. The molecule has 0 saturated carbocycles. The Balaban J connectivity index is 3.14. The summed E-state index contributed by atoms with van der Waals surface area (Å²) in [6, 6.07) is 5.13. The molecule has 1 N–H and O–H groups in total. The second kappa shape index (κ2) is 6.22. The van der Waals surface area contributed by atoms with Gasteiger partial charge in [0.15, 0.2) is 6.10 Å². The van der Waals surface area contributed by atoms with Crippen LogP contribution < -0.4 is 4.74 Å². The Morgan fingerprint density at radius 2 is 2.06 bits per heavy atom. The average Bonchev–Trinajstić information content (AvgIpc) is 2.37. The number of carbonyl (C=O) groups excluding carboxylic acids is 1. The van der Waals surface area contributed by atoms with Crippen LogP contribution in [-0.2, 0) is 20.9 Å². The van der Waals surface area contributed by atoms with E-state index in [2.05, 4.69) is 4.74 Å². The van der Waals surface area contributed by atoms with E-state index in [0.29, 0.717) is 17.9 Å². The molecule has 1 unspecified atom stereocenters. The second-order valence-corrected chi connectivity index (χ2v) is 3.40. The molecule has 0 aliphatic heterocycles. The van der Waals surface area contributed by atoms with E-state index in [1.165, 1.54) is 14.2 Å². The molecule has 0 spiro atoms. The van der Waals surface area contributed by atoms with Crippen molar-refractivity contribution in [1.29, 1.82) is 0 Å². The van der Waals surface area contributed by atoms with Gasteiger partial charge in [-0.05, 0) is 0 Å². The third kappa shape index (κ3) is 2.95. The Bertz CT molecular complexity index is 388. The number of aliphatic hydroxyl groups is 1. The number of ether oxygens (including phenoxy) is 3. The number of hydrogen-bond donors (Lipinski definition) is 1. The largest absolute Gasteiger partial charge is 0.496 e. The van der Waals surface area contributed by atoms with Gasteiger partial charge < -0.3 is 19.3 Å². The molecule has 1 aromatic rings. The number of rotatable bonds is 5. The molecule has 0 heterocycles. The maximum Gasteiger partial charge on any atom is 0.339 e. The zero-order chi connectivity index (χ0) is 12.8. The Morgan fingerprint density at radius 1 is 1.35 bits per heavy atom.